The zero-order valence-electron chi connectivity index (χ0n) is 10.7. The molecule has 2 rings (SSSR count). The average Bonchev–Trinajstić information content (AvgIpc) is 3.22. The van der Waals surface area contributed by atoms with E-state index < -0.39 is 12.1 Å². The standard InChI is InChI=1S/C13H15ClO5/c1-17-10-6-7(14)5-9(11(15)13(16)18-2)12(10)19-8-3-4-8/h5-6,8,11,15H,3-4H2,1-2H3. The number of halogens is 1. The maximum Gasteiger partial charge on any atom is 0.339 e. The van der Waals surface area contributed by atoms with Crippen molar-refractivity contribution in [2.45, 2.75) is 25.0 Å². The van der Waals surface area contributed by atoms with Crippen LogP contribution in [0.3, 0.4) is 0 Å². The van der Waals surface area contributed by atoms with Crippen molar-refractivity contribution in [3.63, 3.8) is 0 Å². The minimum Gasteiger partial charge on any atom is -0.493 e. The maximum absolute atomic E-state index is 11.5. The highest BCUT2D eigenvalue weighted by atomic mass is 35.5. The number of carbonyl (C=O) groups excluding carboxylic acids is 1. The molecule has 1 aliphatic carbocycles. The number of hydrogen-bond donors (Lipinski definition) is 1. The Bertz CT molecular complexity index is 484. The van der Waals surface area contributed by atoms with Gasteiger partial charge in [-0.15, -0.1) is 0 Å². The predicted molar refractivity (Wildman–Crippen MR) is 68.6 cm³/mol. The van der Waals surface area contributed by atoms with Gasteiger partial charge in [-0.25, -0.2) is 4.79 Å². The number of ether oxygens (including phenoxy) is 3. The van der Waals surface area contributed by atoms with Crippen molar-refractivity contribution in [3.8, 4) is 11.5 Å². The first-order chi connectivity index (χ1) is 9.06. The third-order valence-corrected chi connectivity index (χ3v) is 3.01. The van der Waals surface area contributed by atoms with Crippen molar-refractivity contribution in [1.29, 1.82) is 0 Å². The molecule has 1 unspecified atom stereocenters. The number of hydrogen-bond acceptors (Lipinski definition) is 5. The van der Waals surface area contributed by atoms with Crippen molar-refractivity contribution < 1.29 is 24.1 Å². The third-order valence-electron chi connectivity index (χ3n) is 2.80. The molecule has 0 spiro atoms. The Morgan fingerprint density at radius 2 is 2.11 bits per heavy atom. The van der Waals surface area contributed by atoms with Gasteiger partial charge in [0.2, 0.25) is 0 Å². The van der Waals surface area contributed by atoms with Crippen LogP contribution in [0.25, 0.3) is 0 Å². The van der Waals surface area contributed by atoms with Crippen molar-refractivity contribution >= 4 is 17.6 Å². The average molecular weight is 287 g/mol. The highest BCUT2D eigenvalue weighted by molar-refractivity contribution is 6.30. The van der Waals surface area contributed by atoms with Crippen molar-refractivity contribution in [2.75, 3.05) is 14.2 Å². The Morgan fingerprint density at radius 3 is 2.63 bits per heavy atom. The molecule has 0 heterocycles. The maximum atomic E-state index is 11.5. The Morgan fingerprint density at radius 1 is 1.42 bits per heavy atom. The van der Waals surface area contributed by atoms with Crippen LogP contribution in [-0.2, 0) is 9.53 Å². The highest BCUT2D eigenvalue weighted by Crippen LogP contribution is 2.41. The molecule has 0 radical (unpaired) electrons. The molecule has 1 fully saturated rings. The Labute approximate surface area is 116 Å². The molecule has 104 valence electrons. The molecule has 5 nitrogen and oxygen atoms in total. The third kappa shape index (κ3) is 3.11. The molecule has 0 aliphatic heterocycles. The molecule has 19 heavy (non-hydrogen) atoms. The number of aliphatic hydroxyl groups excluding tert-OH is 1. The summed E-state index contributed by atoms with van der Waals surface area (Å²) in [5, 5.41) is 10.3. The molecule has 1 aromatic rings. The van der Waals surface area contributed by atoms with Gasteiger partial charge in [0.05, 0.1) is 20.3 Å². The SMILES string of the molecule is COC(=O)C(O)c1cc(Cl)cc(OC)c1OC1CC1. The second-order valence-corrected chi connectivity index (χ2v) is 4.71. The molecular weight excluding hydrogens is 272 g/mol. The van der Waals surface area contributed by atoms with Crippen LogP contribution < -0.4 is 9.47 Å². The van der Waals surface area contributed by atoms with Crippen molar-refractivity contribution in [1.82, 2.24) is 0 Å². The first kappa shape index (κ1) is 14.0. The summed E-state index contributed by atoms with van der Waals surface area (Å²) in [6.07, 6.45) is 0.532. The highest BCUT2D eigenvalue weighted by Gasteiger charge is 2.30. The summed E-state index contributed by atoms with van der Waals surface area (Å²) >= 11 is 5.95. The van der Waals surface area contributed by atoms with Crippen LogP contribution in [0.15, 0.2) is 12.1 Å². The van der Waals surface area contributed by atoms with Crippen LogP contribution >= 0.6 is 11.6 Å². The number of benzene rings is 1. The van der Waals surface area contributed by atoms with E-state index in [0.29, 0.717) is 16.5 Å². The number of carbonyl (C=O) groups is 1. The molecule has 0 bridgehead atoms. The monoisotopic (exact) mass is 286 g/mol. The van der Waals surface area contributed by atoms with Gasteiger partial charge in [-0.3, -0.25) is 0 Å². The van der Waals surface area contributed by atoms with E-state index in [-0.39, 0.29) is 11.7 Å². The quantitative estimate of drug-likeness (QED) is 0.840. The summed E-state index contributed by atoms with van der Waals surface area (Å²) in [5.74, 6) is -0.0466. The topological polar surface area (TPSA) is 65.0 Å². The fourth-order valence-electron chi connectivity index (χ4n) is 1.66. The number of esters is 1. The number of methoxy groups -OCH3 is 2. The molecule has 1 aliphatic rings. The van der Waals surface area contributed by atoms with E-state index in [1.165, 1.54) is 20.3 Å². The fourth-order valence-corrected chi connectivity index (χ4v) is 1.88. The van der Waals surface area contributed by atoms with E-state index in [1.54, 1.807) is 6.07 Å². The van der Waals surface area contributed by atoms with E-state index in [1.807, 2.05) is 0 Å². The van der Waals surface area contributed by atoms with E-state index in [9.17, 15) is 9.90 Å². The summed E-state index contributed by atoms with van der Waals surface area (Å²) in [5.41, 5.74) is 0.253. The molecule has 1 N–H and O–H groups in total. The Balaban J connectivity index is 2.42. The lowest BCUT2D eigenvalue weighted by Crippen LogP contribution is -2.15. The Hall–Kier alpha value is -1.46. The Kier molecular flexibility index (Phi) is 4.17. The minimum absolute atomic E-state index is 0.0960. The predicted octanol–water partition coefficient (Wildman–Crippen LogP) is 2.10. The van der Waals surface area contributed by atoms with Crippen LogP contribution in [-0.4, -0.2) is 31.4 Å². The first-order valence-corrected chi connectivity index (χ1v) is 6.24. The van der Waals surface area contributed by atoms with Gasteiger partial charge in [0, 0.05) is 16.7 Å². The van der Waals surface area contributed by atoms with E-state index in [2.05, 4.69) is 4.74 Å². The molecule has 0 saturated heterocycles. The zero-order valence-corrected chi connectivity index (χ0v) is 11.4. The van der Waals surface area contributed by atoms with Gasteiger partial charge in [0.1, 0.15) is 0 Å². The van der Waals surface area contributed by atoms with Gasteiger partial charge in [0.25, 0.3) is 0 Å². The van der Waals surface area contributed by atoms with Crippen LogP contribution in [0, 0.1) is 0 Å². The van der Waals surface area contributed by atoms with Crippen molar-refractivity contribution in [2.24, 2.45) is 0 Å². The van der Waals surface area contributed by atoms with Crippen LogP contribution in [0.5, 0.6) is 11.5 Å². The largest absolute Gasteiger partial charge is 0.493 e. The summed E-state index contributed by atoms with van der Waals surface area (Å²) in [7, 11) is 2.68. The lowest BCUT2D eigenvalue weighted by Gasteiger charge is -2.18. The normalized spacial score (nSPS) is 15.8. The molecule has 6 heteroatoms. The van der Waals surface area contributed by atoms with Gasteiger partial charge in [-0.05, 0) is 18.9 Å². The van der Waals surface area contributed by atoms with E-state index >= 15 is 0 Å². The van der Waals surface area contributed by atoms with Gasteiger partial charge in [0.15, 0.2) is 17.6 Å². The first-order valence-electron chi connectivity index (χ1n) is 5.86. The fraction of sp³-hybridized carbons (Fsp3) is 0.462. The van der Waals surface area contributed by atoms with Gasteiger partial charge < -0.3 is 19.3 Å². The molecule has 1 atom stereocenters. The summed E-state index contributed by atoms with van der Waals surface area (Å²) in [6, 6.07) is 3.05. The smallest absolute Gasteiger partial charge is 0.339 e. The van der Waals surface area contributed by atoms with Crippen LogP contribution in [0.2, 0.25) is 5.02 Å². The molecular formula is C13H15ClO5. The second-order valence-electron chi connectivity index (χ2n) is 4.27. The summed E-state index contributed by atoms with van der Waals surface area (Å²) < 4.78 is 15.4. The number of aliphatic hydroxyl groups is 1. The molecule has 1 saturated carbocycles. The zero-order chi connectivity index (χ0) is 14.0. The number of rotatable bonds is 5. The minimum atomic E-state index is -1.45. The van der Waals surface area contributed by atoms with Crippen LogP contribution in [0.1, 0.15) is 24.5 Å². The van der Waals surface area contributed by atoms with E-state index in [4.69, 9.17) is 21.1 Å². The van der Waals surface area contributed by atoms with Crippen LogP contribution in [0.4, 0.5) is 0 Å². The summed E-state index contributed by atoms with van der Waals surface area (Å²) in [4.78, 5) is 11.5. The van der Waals surface area contributed by atoms with Gasteiger partial charge in [-0.2, -0.15) is 0 Å². The van der Waals surface area contributed by atoms with Crippen molar-refractivity contribution in [3.05, 3.63) is 22.7 Å². The van der Waals surface area contributed by atoms with Gasteiger partial charge in [-0.1, -0.05) is 11.6 Å². The van der Waals surface area contributed by atoms with Gasteiger partial charge >= 0.3 is 5.97 Å². The lowest BCUT2D eigenvalue weighted by molar-refractivity contribution is -0.150. The molecule has 1 aromatic carbocycles. The molecule has 0 amide bonds. The summed E-state index contributed by atoms with van der Waals surface area (Å²) in [6.45, 7) is 0. The second kappa shape index (κ2) is 5.67. The lowest BCUT2D eigenvalue weighted by atomic mass is 10.1. The van der Waals surface area contributed by atoms with E-state index in [0.717, 1.165) is 12.8 Å². The molecule has 0 aromatic heterocycles.